The zero-order valence-corrected chi connectivity index (χ0v) is 16.0. The van der Waals surface area contributed by atoms with Gasteiger partial charge in [-0.1, -0.05) is 49.0 Å². The quantitative estimate of drug-likeness (QED) is 0.765. The lowest BCUT2D eigenvalue weighted by Gasteiger charge is -2.36. The van der Waals surface area contributed by atoms with Gasteiger partial charge in [-0.2, -0.15) is 0 Å². The third-order valence-electron chi connectivity index (χ3n) is 5.29. The van der Waals surface area contributed by atoms with Crippen LogP contribution < -0.4 is 10.6 Å². The molecule has 1 aromatic rings. The molecular formula is C18H21Cl2N3O3. The minimum absolute atomic E-state index is 0.0636. The van der Waals surface area contributed by atoms with E-state index in [9.17, 15) is 14.4 Å². The summed E-state index contributed by atoms with van der Waals surface area (Å²) in [6.07, 6.45) is 3.46. The van der Waals surface area contributed by atoms with E-state index >= 15 is 0 Å². The molecule has 26 heavy (non-hydrogen) atoms. The number of imide groups is 1. The molecule has 0 aromatic heterocycles. The van der Waals surface area contributed by atoms with Crippen LogP contribution in [0.5, 0.6) is 0 Å². The summed E-state index contributed by atoms with van der Waals surface area (Å²) in [6, 6.07) is 4.50. The highest BCUT2D eigenvalue weighted by atomic mass is 35.5. The lowest BCUT2D eigenvalue weighted by atomic mass is 9.73. The maximum Gasteiger partial charge on any atom is 0.325 e. The van der Waals surface area contributed by atoms with Gasteiger partial charge in [0.2, 0.25) is 5.91 Å². The van der Waals surface area contributed by atoms with E-state index in [1.165, 1.54) is 0 Å². The Morgan fingerprint density at radius 1 is 1.35 bits per heavy atom. The van der Waals surface area contributed by atoms with Crippen LogP contribution in [0.3, 0.4) is 0 Å². The van der Waals surface area contributed by atoms with Gasteiger partial charge in [-0.15, -0.1) is 0 Å². The summed E-state index contributed by atoms with van der Waals surface area (Å²) >= 11 is 11.9. The predicted molar refractivity (Wildman–Crippen MR) is 98.9 cm³/mol. The third kappa shape index (κ3) is 3.53. The standard InChI is InChI=1S/C18H21Cl2N3O3/c1-11-4-2-3-7-18(11)16(25)23(17(26)22-18)10-15(24)21-9-12-5-6-13(19)8-14(12)20/h5-6,8,11H,2-4,7,9-10H2,1H3,(H,21,24)(H,22,26)/t11-,18+/m1/s1. The zero-order chi connectivity index (χ0) is 18.9. The molecule has 2 atom stereocenters. The summed E-state index contributed by atoms with van der Waals surface area (Å²) in [5, 5.41) is 6.48. The number of benzene rings is 1. The molecule has 1 spiro atoms. The molecule has 1 saturated carbocycles. The number of amides is 4. The first-order valence-electron chi connectivity index (χ1n) is 8.68. The number of nitrogens with zero attached hydrogens (tertiary/aromatic N) is 1. The van der Waals surface area contributed by atoms with Gasteiger partial charge in [0.15, 0.2) is 0 Å². The van der Waals surface area contributed by atoms with Crippen molar-refractivity contribution in [3.05, 3.63) is 33.8 Å². The summed E-state index contributed by atoms with van der Waals surface area (Å²) in [4.78, 5) is 38.4. The van der Waals surface area contributed by atoms with E-state index in [2.05, 4.69) is 10.6 Å². The zero-order valence-electron chi connectivity index (χ0n) is 14.5. The number of carbonyl (C=O) groups is 3. The van der Waals surface area contributed by atoms with Crippen LogP contribution >= 0.6 is 23.2 Å². The van der Waals surface area contributed by atoms with Gasteiger partial charge in [-0.3, -0.25) is 14.5 Å². The van der Waals surface area contributed by atoms with E-state index in [-0.39, 0.29) is 24.9 Å². The van der Waals surface area contributed by atoms with Gasteiger partial charge < -0.3 is 10.6 Å². The van der Waals surface area contributed by atoms with E-state index in [1.807, 2.05) is 6.92 Å². The maximum absolute atomic E-state index is 12.8. The fourth-order valence-electron chi connectivity index (χ4n) is 3.70. The molecule has 1 aromatic carbocycles. The highest BCUT2D eigenvalue weighted by Crippen LogP contribution is 2.38. The molecule has 1 saturated heterocycles. The summed E-state index contributed by atoms with van der Waals surface area (Å²) in [5.41, 5.74) is -0.145. The molecule has 2 N–H and O–H groups in total. The number of hydrogen-bond acceptors (Lipinski definition) is 3. The van der Waals surface area contributed by atoms with Crippen LogP contribution in [0.25, 0.3) is 0 Å². The van der Waals surface area contributed by atoms with Crippen molar-refractivity contribution >= 4 is 41.0 Å². The van der Waals surface area contributed by atoms with E-state index in [0.29, 0.717) is 22.0 Å². The van der Waals surface area contributed by atoms with Crippen molar-refractivity contribution in [3.8, 4) is 0 Å². The molecule has 0 unspecified atom stereocenters. The highest BCUT2D eigenvalue weighted by molar-refractivity contribution is 6.35. The predicted octanol–water partition coefficient (Wildman–Crippen LogP) is 3.11. The van der Waals surface area contributed by atoms with Gasteiger partial charge >= 0.3 is 6.03 Å². The monoisotopic (exact) mass is 397 g/mol. The van der Waals surface area contributed by atoms with Crippen molar-refractivity contribution < 1.29 is 14.4 Å². The van der Waals surface area contributed by atoms with Crippen molar-refractivity contribution in [1.29, 1.82) is 0 Å². The lowest BCUT2D eigenvalue weighted by molar-refractivity contribution is -0.137. The summed E-state index contributed by atoms with van der Waals surface area (Å²) in [5.74, 6) is -0.650. The van der Waals surface area contributed by atoms with Gasteiger partial charge in [-0.05, 0) is 36.5 Å². The SMILES string of the molecule is C[C@@H]1CCCC[C@]12NC(=O)N(CC(=O)NCc1ccc(Cl)cc1Cl)C2=O. The van der Waals surface area contributed by atoms with Crippen molar-refractivity contribution in [2.75, 3.05) is 6.54 Å². The Morgan fingerprint density at radius 2 is 2.12 bits per heavy atom. The van der Waals surface area contributed by atoms with Gasteiger partial charge in [0.1, 0.15) is 12.1 Å². The molecule has 3 rings (SSSR count). The average molecular weight is 398 g/mol. The molecule has 140 valence electrons. The number of hydrogen-bond donors (Lipinski definition) is 2. The number of urea groups is 1. The van der Waals surface area contributed by atoms with Crippen LogP contribution in [0.4, 0.5) is 4.79 Å². The Morgan fingerprint density at radius 3 is 2.81 bits per heavy atom. The third-order valence-corrected chi connectivity index (χ3v) is 5.88. The minimum Gasteiger partial charge on any atom is -0.350 e. The first kappa shape index (κ1) is 19.0. The van der Waals surface area contributed by atoms with Gasteiger partial charge in [0, 0.05) is 16.6 Å². The largest absolute Gasteiger partial charge is 0.350 e. The fraction of sp³-hybridized carbons (Fsp3) is 0.500. The Balaban J connectivity index is 1.62. The van der Waals surface area contributed by atoms with Crippen molar-refractivity contribution in [3.63, 3.8) is 0 Å². The number of rotatable bonds is 4. The molecule has 1 aliphatic carbocycles. The van der Waals surface area contributed by atoms with Crippen LogP contribution in [-0.4, -0.2) is 34.8 Å². The Labute approximate surface area is 162 Å². The summed E-state index contributed by atoms with van der Waals surface area (Å²) < 4.78 is 0. The molecule has 0 radical (unpaired) electrons. The number of halogens is 2. The van der Waals surface area contributed by atoms with Crippen LogP contribution in [0.1, 0.15) is 38.2 Å². The topological polar surface area (TPSA) is 78.5 Å². The Bertz CT molecular complexity index is 755. The first-order valence-corrected chi connectivity index (χ1v) is 9.44. The fourth-order valence-corrected chi connectivity index (χ4v) is 4.17. The van der Waals surface area contributed by atoms with Crippen LogP contribution in [0.15, 0.2) is 18.2 Å². The molecule has 8 heteroatoms. The Hall–Kier alpha value is -1.79. The first-order chi connectivity index (χ1) is 12.3. The number of nitrogens with one attached hydrogen (secondary N) is 2. The molecule has 6 nitrogen and oxygen atoms in total. The molecule has 4 amide bonds. The molecule has 2 aliphatic rings. The van der Waals surface area contributed by atoms with Gasteiger partial charge in [0.05, 0.1) is 0 Å². The second kappa shape index (κ2) is 7.45. The van der Waals surface area contributed by atoms with Gasteiger partial charge in [0.25, 0.3) is 5.91 Å². The van der Waals surface area contributed by atoms with Gasteiger partial charge in [-0.25, -0.2) is 4.79 Å². The normalized spacial score (nSPS) is 25.5. The van der Waals surface area contributed by atoms with Crippen molar-refractivity contribution in [2.45, 2.75) is 44.7 Å². The average Bonchev–Trinajstić information content (AvgIpc) is 2.82. The highest BCUT2D eigenvalue weighted by Gasteiger charge is 2.55. The van der Waals surface area contributed by atoms with Crippen molar-refractivity contribution in [1.82, 2.24) is 15.5 Å². The molecule has 0 bridgehead atoms. The van der Waals surface area contributed by atoms with E-state index in [0.717, 1.165) is 24.2 Å². The molecule has 1 heterocycles. The second-order valence-electron chi connectivity index (χ2n) is 6.95. The number of carbonyl (C=O) groups excluding carboxylic acids is 3. The summed E-state index contributed by atoms with van der Waals surface area (Å²) in [6.45, 7) is 1.87. The van der Waals surface area contributed by atoms with Crippen LogP contribution in [-0.2, 0) is 16.1 Å². The lowest BCUT2D eigenvalue weighted by Crippen LogP contribution is -2.54. The van der Waals surface area contributed by atoms with Crippen molar-refractivity contribution in [2.24, 2.45) is 5.92 Å². The molecule has 1 aliphatic heterocycles. The van der Waals surface area contributed by atoms with E-state index < -0.39 is 17.5 Å². The molecular weight excluding hydrogens is 377 g/mol. The van der Waals surface area contributed by atoms with E-state index in [1.54, 1.807) is 18.2 Å². The minimum atomic E-state index is -0.852. The smallest absolute Gasteiger partial charge is 0.325 e. The Kier molecular flexibility index (Phi) is 5.44. The summed E-state index contributed by atoms with van der Waals surface area (Å²) in [7, 11) is 0. The maximum atomic E-state index is 12.8. The second-order valence-corrected chi connectivity index (χ2v) is 7.80. The van der Waals surface area contributed by atoms with Crippen LogP contribution in [0, 0.1) is 5.92 Å². The van der Waals surface area contributed by atoms with Crippen LogP contribution in [0.2, 0.25) is 10.0 Å². The molecule has 2 fully saturated rings. The van der Waals surface area contributed by atoms with E-state index in [4.69, 9.17) is 23.2 Å².